The maximum absolute atomic E-state index is 13.4. The first-order chi connectivity index (χ1) is 15.4. The number of hydrogen-bond acceptors (Lipinski definition) is 6. The maximum atomic E-state index is 13.4. The van der Waals surface area contributed by atoms with E-state index in [1.807, 2.05) is 36.4 Å². The minimum atomic E-state index is -3.15. The molecule has 8 heteroatoms. The fraction of sp³-hybridized carbons (Fsp3) is 0.333. The Labute approximate surface area is 187 Å². The second-order valence-electron chi connectivity index (χ2n) is 7.96. The molecule has 0 spiro atoms. The van der Waals surface area contributed by atoms with E-state index < -0.39 is 9.84 Å². The normalized spacial score (nSPS) is 17.2. The van der Waals surface area contributed by atoms with Gasteiger partial charge >= 0.3 is 0 Å². The Kier molecular flexibility index (Phi) is 6.32. The predicted octanol–water partition coefficient (Wildman–Crippen LogP) is 3.74. The quantitative estimate of drug-likeness (QED) is 0.540. The first-order valence-corrected chi connectivity index (χ1v) is 12.4. The maximum Gasteiger partial charge on any atom is 0.276 e. The lowest BCUT2D eigenvalue weighted by molar-refractivity contribution is 0.0670. The molecule has 7 nitrogen and oxygen atoms in total. The zero-order chi connectivity index (χ0) is 22.7. The molecule has 3 aromatic rings. The second kappa shape index (κ2) is 9.16. The van der Waals surface area contributed by atoms with E-state index in [9.17, 15) is 13.2 Å². The van der Waals surface area contributed by atoms with Gasteiger partial charge in [-0.05, 0) is 48.2 Å². The van der Waals surface area contributed by atoms with Crippen LogP contribution in [-0.2, 0) is 22.8 Å². The lowest BCUT2D eigenvalue weighted by Crippen LogP contribution is -2.40. The summed E-state index contributed by atoms with van der Waals surface area (Å²) >= 11 is 0. The summed E-state index contributed by atoms with van der Waals surface area (Å²) in [4.78, 5) is 15.0. The topological polar surface area (TPSA) is 89.7 Å². The van der Waals surface area contributed by atoms with E-state index in [0.717, 1.165) is 17.5 Å². The van der Waals surface area contributed by atoms with Crippen LogP contribution in [0.2, 0.25) is 0 Å². The van der Waals surface area contributed by atoms with Gasteiger partial charge in [0.15, 0.2) is 21.3 Å². The number of sulfone groups is 1. The third-order valence-electron chi connectivity index (χ3n) is 5.80. The van der Waals surface area contributed by atoms with Crippen molar-refractivity contribution >= 4 is 15.7 Å². The van der Waals surface area contributed by atoms with Crippen LogP contribution in [0.1, 0.15) is 35.0 Å². The van der Waals surface area contributed by atoms with Crippen molar-refractivity contribution in [2.24, 2.45) is 0 Å². The van der Waals surface area contributed by atoms with E-state index in [4.69, 9.17) is 9.26 Å². The Hall–Kier alpha value is -3.13. The van der Waals surface area contributed by atoms with Crippen LogP contribution in [0, 0.1) is 0 Å². The van der Waals surface area contributed by atoms with Gasteiger partial charge in [-0.3, -0.25) is 4.79 Å². The standard InChI is InChI=1S/C24H26N2O5S/c1-3-17-4-6-18(7-5-17)15-26(20-12-13-32(28,29)16-20)24(27)22-14-23(31-25-22)19-8-10-21(30-2)11-9-19/h4-11,14,20H,3,12-13,15-16H2,1-2H3/t20-/m0/s1. The molecule has 1 aromatic heterocycles. The highest BCUT2D eigenvalue weighted by Crippen LogP contribution is 2.26. The van der Waals surface area contributed by atoms with E-state index in [1.54, 1.807) is 30.2 Å². The summed E-state index contributed by atoms with van der Waals surface area (Å²) in [5.41, 5.74) is 3.07. The molecule has 2 heterocycles. The lowest BCUT2D eigenvalue weighted by atomic mass is 10.1. The van der Waals surface area contributed by atoms with Crippen LogP contribution < -0.4 is 4.74 Å². The molecular weight excluding hydrogens is 428 g/mol. The third kappa shape index (κ3) is 4.85. The van der Waals surface area contributed by atoms with Gasteiger partial charge in [0.1, 0.15) is 5.75 Å². The molecule has 1 fully saturated rings. The molecule has 0 unspecified atom stereocenters. The van der Waals surface area contributed by atoms with Gasteiger partial charge in [0.05, 0.1) is 18.6 Å². The fourth-order valence-electron chi connectivity index (χ4n) is 3.88. The summed E-state index contributed by atoms with van der Waals surface area (Å²) in [6.45, 7) is 2.40. The molecule has 4 rings (SSSR count). The van der Waals surface area contributed by atoms with E-state index in [-0.39, 0.29) is 29.1 Å². The molecule has 0 saturated carbocycles. The molecule has 168 valence electrons. The van der Waals surface area contributed by atoms with Crippen LogP contribution in [0.15, 0.2) is 59.1 Å². The van der Waals surface area contributed by atoms with E-state index in [2.05, 4.69) is 12.1 Å². The van der Waals surface area contributed by atoms with Crippen LogP contribution in [0.5, 0.6) is 5.75 Å². The number of amides is 1. The van der Waals surface area contributed by atoms with Gasteiger partial charge in [0.2, 0.25) is 0 Å². The zero-order valence-electron chi connectivity index (χ0n) is 18.2. The van der Waals surface area contributed by atoms with Crippen LogP contribution >= 0.6 is 0 Å². The van der Waals surface area contributed by atoms with Gasteiger partial charge in [-0.15, -0.1) is 0 Å². The highest BCUT2D eigenvalue weighted by molar-refractivity contribution is 7.91. The Morgan fingerprint density at radius 3 is 2.41 bits per heavy atom. The van der Waals surface area contributed by atoms with Crippen LogP contribution in [0.25, 0.3) is 11.3 Å². The number of methoxy groups -OCH3 is 1. The Morgan fingerprint density at radius 1 is 1.12 bits per heavy atom. The van der Waals surface area contributed by atoms with Crippen LogP contribution in [0.3, 0.4) is 0 Å². The lowest BCUT2D eigenvalue weighted by Gasteiger charge is -2.27. The van der Waals surface area contributed by atoms with E-state index >= 15 is 0 Å². The molecule has 1 aliphatic rings. The molecule has 0 N–H and O–H groups in total. The highest BCUT2D eigenvalue weighted by Gasteiger charge is 2.36. The third-order valence-corrected chi connectivity index (χ3v) is 7.55. The van der Waals surface area contributed by atoms with E-state index in [1.165, 1.54) is 5.56 Å². The summed E-state index contributed by atoms with van der Waals surface area (Å²) in [5.74, 6) is 0.894. The number of benzene rings is 2. The molecule has 1 amide bonds. The number of aromatic nitrogens is 1. The summed E-state index contributed by atoms with van der Waals surface area (Å²) in [6, 6.07) is 16.5. The minimum absolute atomic E-state index is 0.0328. The van der Waals surface area contributed by atoms with Crippen molar-refractivity contribution in [2.75, 3.05) is 18.6 Å². The molecule has 0 radical (unpaired) electrons. The van der Waals surface area contributed by atoms with Gasteiger partial charge in [-0.1, -0.05) is 36.3 Å². The number of aryl methyl sites for hydroxylation is 1. The zero-order valence-corrected chi connectivity index (χ0v) is 19.0. The Balaban J connectivity index is 1.59. The van der Waals surface area contributed by atoms with Crippen molar-refractivity contribution in [3.63, 3.8) is 0 Å². The summed E-state index contributed by atoms with van der Waals surface area (Å²) in [5, 5.41) is 3.99. The van der Waals surface area contributed by atoms with Gasteiger partial charge in [-0.25, -0.2) is 8.42 Å². The smallest absolute Gasteiger partial charge is 0.276 e. The summed E-state index contributed by atoms with van der Waals surface area (Å²) in [6.07, 6.45) is 1.35. The largest absolute Gasteiger partial charge is 0.497 e. The Bertz CT molecular complexity index is 1180. The average molecular weight is 455 g/mol. The first kappa shape index (κ1) is 22.1. The van der Waals surface area contributed by atoms with Crippen molar-refractivity contribution in [3.8, 4) is 17.1 Å². The summed E-state index contributed by atoms with van der Waals surface area (Å²) in [7, 11) is -1.56. The van der Waals surface area contributed by atoms with Crippen LogP contribution in [0.4, 0.5) is 0 Å². The molecule has 1 aliphatic heterocycles. The number of nitrogens with zero attached hydrogens (tertiary/aromatic N) is 2. The molecule has 32 heavy (non-hydrogen) atoms. The average Bonchev–Trinajstić information content (AvgIpc) is 3.44. The van der Waals surface area contributed by atoms with E-state index in [0.29, 0.717) is 24.5 Å². The van der Waals surface area contributed by atoms with Crippen molar-refractivity contribution in [1.29, 1.82) is 0 Å². The van der Waals surface area contributed by atoms with Gasteiger partial charge in [0.25, 0.3) is 5.91 Å². The van der Waals surface area contributed by atoms with Crippen molar-refractivity contribution in [2.45, 2.75) is 32.4 Å². The molecular formula is C24H26N2O5S. The van der Waals surface area contributed by atoms with Crippen LogP contribution in [-0.4, -0.2) is 49.0 Å². The number of carbonyl (C=O) groups is 1. The SMILES string of the molecule is CCc1ccc(CN(C(=O)c2cc(-c3ccc(OC)cc3)on2)[C@H]2CCS(=O)(=O)C2)cc1. The predicted molar refractivity (Wildman–Crippen MR) is 121 cm³/mol. The molecule has 0 bridgehead atoms. The number of ether oxygens (including phenoxy) is 1. The number of carbonyl (C=O) groups excluding carboxylic acids is 1. The monoisotopic (exact) mass is 454 g/mol. The van der Waals surface area contributed by atoms with Crippen molar-refractivity contribution in [1.82, 2.24) is 10.1 Å². The fourth-order valence-corrected chi connectivity index (χ4v) is 5.61. The minimum Gasteiger partial charge on any atom is -0.497 e. The second-order valence-corrected chi connectivity index (χ2v) is 10.2. The highest BCUT2D eigenvalue weighted by atomic mass is 32.2. The Morgan fingerprint density at radius 2 is 1.81 bits per heavy atom. The van der Waals surface area contributed by atoms with Crippen molar-refractivity contribution < 1.29 is 22.5 Å². The molecule has 1 atom stereocenters. The van der Waals surface area contributed by atoms with Gasteiger partial charge < -0.3 is 14.2 Å². The van der Waals surface area contributed by atoms with Gasteiger partial charge in [-0.2, -0.15) is 0 Å². The van der Waals surface area contributed by atoms with Crippen molar-refractivity contribution in [3.05, 3.63) is 71.4 Å². The van der Waals surface area contributed by atoms with Gasteiger partial charge in [0, 0.05) is 24.2 Å². The molecule has 0 aliphatic carbocycles. The summed E-state index contributed by atoms with van der Waals surface area (Å²) < 4.78 is 34.8. The molecule has 1 saturated heterocycles. The number of hydrogen-bond donors (Lipinski definition) is 0. The molecule has 2 aromatic carbocycles. The first-order valence-electron chi connectivity index (χ1n) is 10.6. The number of rotatable bonds is 7.